The highest BCUT2D eigenvalue weighted by Gasteiger charge is 2.05. The molecular weight excluding hydrogens is 332 g/mol. The van der Waals surface area contributed by atoms with Gasteiger partial charge in [-0.2, -0.15) is 0 Å². The van der Waals surface area contributed by atoms with Crippen LogP contribution in [0.2, 0.25) is 0 Å². The lowest BCUT2D eigenvalue weighted by atomic mass is 10.2. The molecule has 0 heterocycles. The maximum Gasteiger partial charge on any atom is 0.243 e. The zero-order valence-corrected chi connectivity index (χ0v) is 13.5. The Labute approximate surface area is 132 Å². The number of benzene rings is 2. The first-order valence-corrected chi connectivity index (χ1v) is 7.31. The quantitative estimate of drug-likeness (QED) is 0.863. The Morgan fingerprint density at radius 1 is 1.19 bits per heavy atom. The van der Waals surface area contributed by atoms with Crippen molar-refractivity contribution in [2.75, 3.05) is 24.3 Å². The van der Waals surface area contributed by atoms with Gasteiger partial charge in [-0.3, -0.25) is 4.79 Å². The molecule has 0 aliphatic heterocycles. The highest BCUT2D eigenvalue weighted by atomic mass is 79.9. The molecule has 2 aromatic rings. The van der Waals surface area contributed by atoms with E-state index in [0.717, 1.165) is 27.2 Å². The number of methoxy groups -OCH3 is 1. The minimum atomic E-state index is -0.103. The van der Waals surface area contributed by atoms with Crippen LogP contribution in [0.4, 0.5) is 11.4 Å². The van der Waals surface area contributed by atoms with Crippen LogP contribution in [0.25, 0.3) is 0 Å². The van der Waals surface area contributed by atoms with Gasteiger partial charge in [0, 0.05) is 16.2 Å². The average Bonchev–Trinajstić information content (AvgIpc) is 2.49. The third-order valence-electron chi connectivity index (χ3n) is 2.95. The summed E-state index contributed by atoms with van der Waals surface area (Å²) in [5.41, 5.74) is 2.76. The Balaban J connectivity index is 1.93. The number of hydrogen-bond donors (Lipinski definition) is 2. The van der Waals surface area contributed by atoms with Crippen molar-refractivity contribution in [1.82, 2.24) is 0 Å². The monoisotopic (exact) mass is 348 g/mol. The number of halogens is 1. The van der Waals surface area contributed by atoms with Gasteiger partial charge in [0.05, 0.1) is 19.3 Å². The number of ether oxygens (including phenoxy) is 1. The Bertz CT molecular complexity index is 627. The number of anilines is 2. The van der Waals surface area contributed by atoms with Crippen LogP contribution >= 0.6 is 15.9 Å². The summed E-state index contributed by atoms with van der Waals surface area (Å²) in [6.07, 6.45) is 0. The zero-order valence-electron chi connectivity index (χ0n) is 11.9. The van der Waals surface area contributed by atoms with Gasteiger partial charge in [0.1, 0.15) is 5.75 Å². The van der Waals surface area contributed by atoms with Crippen LogP contribution in [0, 0.1) is 6.92 Å². The molecule has 2 rings (SSSR count). The van der Waals surface area contributed by atoms with Crippen LogP contribution in [-0.4, -0.2) is 19.6 Å². The fourth-order valence-electron chi connectivity index (χ4n) is 1.78. The molecule has 0 aliphatic carbocycles. The van der Waals surface area contributed by atoms with Crippen LogP contribution in [0.3, 0.4) is 0 Å². The molecule has 0 saturated heterocycles. The normalized spacial score (nSPS) is 10.0. The standard InChI is InChI=1S/C16H17BrN2O2/c1-11-3-5-12(6-4-11)19-16(20)10-18-15-9-13(21-2)7-8-14(15)17/h3-9,18H,10H2,1-2H3,(H,19,20). The summed E-state index contributed by atoms with van der Waals surface area (Å²) in [5, 5.41) is 5.92. The predicted octanol–water partition coefficient (Wildman–Crippen LogP) is 3.82. The Morgan fingerprint density at radius 2 is 1.90 bits per heavy atom. The van der Waals surface area contributed by atoms with Gasteiger partial charge in [-0.05, 0) is 47.1 Å². The molecule has 2 N–H and O–H groups in total. The van der Waals surface area contributed by atoms with E-state index in [1.807, 2.05) is 49.4 Å². The van der Waals surface area contributed by atoms with Crippen LogP contribution in [0.15, 0.2) is 46.9 Å². The molecule has 2 aromatic carbocycles. The molecule has 4 nitrogen and oxygen atoms in total. The second kappa shape index (κ2) is 7.13. The van der Waals surface area contributed by atoms with Crippen molar-refractivity contribution in [3.63, 3.8) is 0 Å². The van der Waals surface area contributed by atoms with Crippen molar-refractivity contribution in [2.24, 2.45) is 0 Å². The van der Waals surface area contributed by atoms with Gasteiger partial charge in [0.25, 0.3) is 0 Å². The number of carbonyl (C=O) groups excluding carboxylic acids is 1. The van der Waals surface area contributed by atoms with Crippen LogP contribution in [0.5, 0.6) is 5.75 Å². The Kier molecular flexibility index (Phi) is 5.22. The van der Waals surface area contributed by atoms with E-state index in [4.69, 9.17) is 4.74 Å². The van der Waals surface area contributed by atoms with Gasteiger partial charge in [0.15, 0.2) is 0 Å². The minimum absolute atomic E-state index is 0.103. The average molecular weight is 349 g/mol. The predicted molar refractivity (Wildman–Crippen MR) is 89.0 cm³/mol. The molecule has 0 fully saturated rings. The third kappa shape index (κ3) is 4.49. The summed E-state index contributed by atoms with van der Waals surface area (Å²) in [4.78, 5) is 11.9. The maximum absolute atomic E-state index is 11.9. The molecule has 1 amide bonds. The molecule has 0 aromatic heterocycles. The fraction of sp³-hybridized carbons (Fsp3) is 0.188. The highest BCUT2D eigenvalue weighted by molar-refractivity contribution is 9.10. The zero-order chi connectivity index (χ0) is 15.2. The molecule has 0 bridgehead atoms. The number of rotatable bonds is 5. The van der Waals surface area contributed by atoms with E-state index in [0.29, 0.717) is 0 Å². The van der Waals surface area contributed by atoms with E-state index in [2.05, 4.69) is 26.6 Å². The molecule has 0 aliphatic rings. The van der Waals surface area contributed by atoms with E-state index in [1.54, 1.807) is 7.11 Å². The van der Waals surface area contributed by atoms with Crippen LogP contribution in [0.1, 0.15) is 5.56 Å². The van der Waals surface area contributed by atoms with E-state index in [9.17, 15) is 4.79 Å². The molecule has 5 heteroatoms. The lowest BCUT2D eigenvalue weighted by molar-refractivity contribution is -0.114. The smallest absolute Gasteiger partial charge is 0.243 e. The largest absolute Gasteiger partial charge is 0.497 e. The van der Waals surface area contributed by atoms with E-state index >= 15 is 0 Å². The van der Waals surface area contributed by atoms with Crippen molar-refractivity contribution in [3.05, 3.63) is 52.5 Å². The molecule has 0 saturated carbocycles. The summed E-state index contributed by atoms with van der Waals surface area (Å²) >= 11 is 3.43. The molecular formula is C16H17BrN2O2. The molecule has 0 spiro atoms. The summed E-state index contributed by atoms with van der Waals surface area (Å²) in [6.45, 7) is 2.19. The lowest BCUT2D eigenvalue weighted by Gasteiger charge is -2.11. The first kappa shape index (κ1) is 15.4. The second-order valence-electron chi connectivity index (χ2n) is 4.61. The molecule has 21 heavy (non-hydrogen) atoms. The van der Waals surface area contributed by atoms with Crippen LogP contribution < -0.4 is 15.4 Å². The Hall–Kier alpha value is -2.01. The first-order chi connectivity index (χ1) is 10.1. The summed E-state index contributed by atoms with van der Waals surface area (Å²) in [7, 11) is 1.61. The van der Waals surface area contributed by atoms with E-state index in [-0.39, 0.29) is 12.5 Å². The topological polar surface area (TPSA) is 50.4 Å². The third-order valence-corrected chi connectivity index (χ3v) is 3.64. The Morgan fingerprint density at radius 3 is 2.57 bits per heavy atom. The summed E-state index contributed by atoms with van der Waals surface area (Å²) in [6, 6.07) is 13.2. The summed E-state index contributed by atoms with van der Waals surface area (Å²) < 4.78 is 6.04. The van der Waals surface area contributed by atoms with Crippen molar-refractivity contribution in [2.45, 2.75) is 6.92 Å². The number of nitrogens with one attached hydrogen (secondary N) is 2. The van der Waals surface area contributed by atoms with Crippen molar-refractivity contribution >= 4 is 33.2 Å². The van der Waals surface area contributed by atoms with E-state index < -0.39 is 0 Å². The van der Waals surface area contributed by atoms with Gasteiger partial charge in [-0.25, -0.2) is 0 Å². The number of hydrogen-bond acceptors (Lipinski definition) is 3. The second-order valence-corrected chi connectivity index (χ2v) is 5.47. The lowest BCUT2D eigenvalue weighted by Crippen LogP contribution is -2.21. The van der Waals surface area contributed by atoms with Gasteiger partial charge in [-0.1, -0.05) is 17.7 Å². The first-order valence-electron chi connectivity index (χ1n) is 6.52. The SMILES string of the molecule is COc1ccc(Br)c(NCC(=O)Nc2ccc(C)cc2)c1. The maximum atomic E-state index is 11.9. The van der Waals surface area contributed by atoms with Gasteiger partial charge < -0.3 is 15.4 Å². The summed E-state index contributed by atoms with van der Waals surface area (Å²) in [5.74, 6) is 0.633. The molecule has 0 radical (unpaired) electrons. The molecule has 0 atom stereocenters. The minimum Gasteiger partial charge on any atom is -0.497 e. The number of aryl methyl sites for hydroxylation is 1. The van der Waals surface area contributed by atoms with E-state index in [1.165, 1.54) is 0 Å². The fourth-order valence-corrected chi connectivity index (χ4v) is 2.17. The van der Waals surface area contributed by atoms with Crippen molar-refractivity contribution in [3.8, 4) is 5.75 Å². The number of amides is 1. The molecule has 110 valence electrons. The van der Waals surface area contributed by atoms with Crippen molar-refractivity contribution < 1.29 is 9.53 Å². The van der Waals surface area contributed by atoms with Gasteiger partial charge in [0.2, 0.25) is 5.91 Å². The van der Waals surface area contributed by atoms with Crippen molar-refractivity contribution in [1.29, 1.82) is 0 Å². The van der Waals surface area contributed by atoms with Crippen LogP contribution in [-0.2, 0) is 4.79 Å². The molecule has 0 unspecified atom stereocenters. The number of carbonyl (C=O) groups is 1. The van der Waals surface area contributed by atoms with Gasteiger partial charge >= 0.3 is 0 Å². The highest BCUT2D eigenvalue weighted by Crippen LogP contribution is 2.26. The van der Waals surface area contributed by atoms with Gasteiger partial charge in [-0.15, -0.1) is 0 Å².